The zero-order valence-corrected chi connectivity index (χ0v) is 15.1. The van der Waals surface area contributed by atoms with Crippen molar-refractivity contribution in [2.45, 2.75) is 11.8 Å². The van der Waals surface area contributed by atoms with Crippen LogP contribution in [0.4, 0.5) is 5.69 Å². The molecule has 0 fully saturated rings. The molecule has 1 N–H and O–H groups in total. The summed E-state index contributed by atoms with van der Waals surface area (Å²) in [6.07, 6.45) is 0. The second-order valence-corrected chi connectivity index (χ2v) is 7.92. The maximum atomic E-state index is 12.4. The zero-order valence-electron chi connectivity index (χ0n) is 10.3. The van der Waals surface area contributed by atoms with Gasteiger partial charge in [0.25, 0.3) is 10.0 Å². The first-order chi connectivity index (χ1) is 9.31. The molecule has 0 aromatic heterocycles. The smallest absolute Gasteiger partial charge is 0.263 e. The minimum atomic E-state index is -3.72. The second kappa shape index (κ2) is 6.05. The molecule has 0 unspecified atom stereocenters. The standard InChI is InChI=1S/C13H10Br2ClNO2S/c1-8-10(15)3-2-4-12(8)17-20(18,19)13-6-5-9(14)7-11(13)16/h2-7,17H,1H3. The van der Waals surface area contributed by atoms with Crippen LogP contribution >= 0.6 is 43.5 Å². The molecule has 106 valence electrons. The van der Waals surface area contributed by atoms with E-state index in [-0.39, 0.29) is 9.92 Å². The molecule has 0 saturated carbocycles. The van der Waals surface area contributed by atoms with Crippen molar-refractivity contribution >= 4 is 59.2 Å². The topological polar surface area (TPSA) is 46.2 Å². The molecule has 0 aliphatic carbocycles. The third-order valence-corrected chi connectivity index (χ3v) is 5.90. The molecular weight excluding hydrogens is 429 g/mol. The number of hydrogen-bond acceptors (Lipinski definition) is 2. The van der Waals surface area contributed by atoms with Crippen molar-refractivity contribution in [3.05, 3.63) is 55.9 Å². The van der Waals surface area contributed by atoms with Crippen LogP contribution in [0.25, 0.3) is 0 Å². The molecule has 2 rings (SSSR count). The van der Waals surface area contributed by atoms with E-state index in [9.17, 15) is 8.42 Å². The normalized spacial score (nSPS) is 11.4. The molecule has 2 aromatic carbocycles. The van der Waals surface area contributed by atoms with Crippen LogP contribution in [0.1, 0.15) is 5.56 Å². The first kappa shape index (κ1) is 15.8. The lowest BCUT2D eigenvalue weighted by Crippen LogP contribution is -2.14. The lowest BCUT2D eigenvalue weighted by atomic mass is 10.2. The van der Waals surface area contributed by atoms with E-state index in [1.54, 1.807) is 24.3 Å². The van der Waals surface area contributed by atoms with Gasteiger partial charge in [0, 0.05) is 8.95 Å². The van der Waals surface area contributed by atoms with Gasteiger partial charge in [0.1, 0.15) is 4.90 Å². The van der Waals surface area contributed by atoms with Crippen molar-refractivity contribution in [1.82, 2.24) is 0 Å². The summed E-state index contributed by atoms with van der Waals surface area (Å²) in [5.41, 5.74) is 1.32. The van der Waals surface area contributed by atoms with Crippen LogP contribution in [0.5, 0.6) is 0 Å². The number of halogens is 3. The van der Waals surface area contributed by atoms with E-state index in [0.717, 1.165) is 14.5 Å². The van der Waals surface area contributed by atoms with E-state index in [4.69, 9.17) is 11.6 Å². The molecule has 2 aromatic rings. The fourth-order valence-corrected chi connectivity index (χ4v) is 4.14. The molecule has 0 atom stereocenters. The van der Waals surface area contributed by atoms with Crippen LogP contribution < -0.4 is 4.72 Å². The van der Waals surface area contributed by atoms with Gasteiger partial charge in [-0.1, -0.05) is 49.5 Å². The summed E-state index contributed by atoms with van der Waals surface area (Å²) in [5, 5.41) is 0.166. The van der Waals surface area contributed by atoms with Crippen molar-refractivity contribution in [3.63, 3.8) is 0 Å². The first-order valence-electron chi connectivity index (χ1n) is 5.54. The van der Waals surface area contributed by atoms with Crippen LogP contribution in [-0.4, -0.2) is 8.42 Å². The van der Waals surface area contributed by atoms with Crippen molar-refractivity contribution in [1.29, 1.82) is 0 Å². The van der Waals surface area contributed by atoms with E-state index in [1.165, 1.54) is 6.07 Å². The molecule has 0 heterocycles. The summed E-state index contributed by atoms with van der Waals surface area (Å²) in [4.78, 5) is 0.0433. The molecular formula is C13H10Br2ClNO2S. The van der Waals surface area contributed by atoms with E-state index in [1.807, 2.05) is 13.0 Å². The minimum Gasteiger partial charge on any atom is -0.279 e. The molecule has 0 aliphatic rings. The SMILES string of the molecule is Cc1c(Br)cccc1NS(=O)(=O)c1ccc(Br)cc1Cl. The van der Waals surface area contributed by atoms with Gasteiger partial charge in [-0.25, -0.2) is 8.42 Å². The highest BCUT2D eigenvalue weighted by Gasteiger charge is 2.19. The second-order valence-electron chi connectivity index (χ2n) is 4.09. The number of nitrogens with one attached hydrogen (secondary N) is 1. The van der Waals surface area contributed by atoms with Gasteiger partial charge in [-0.2, -0.15) is 0 Å². The van der Waals surface area contributed by atoms with Gasteiger partial charge < -0.3 is 0 Å². The molecule has 0 aliphatic heterocycles. The number of anilines is 1. The number of rotatable bonds is 3. The van der Waals surface area contributed by atoms with Crippen LogP contribution in [-0.2, 0) is 10.0 Å². The minimum absolute atomic E-state index is 0.0433. The van der Waals surface area contributed by atoms with Gasteiger partial charge in [0.15, 0.2) is 0 Å². The molecule has 0 spiro atoms. The summed E-state index contributed by atoms with van der Waals surface area (Å²) >= 11 is 12.6. The number of sulfonamides is 1. The predicted octanol–water partition coefficient (Wildman–Crippen LogP) is 4.97. The Bertz CT molecular complexity index is 763. The monoisotopic (exact) mass is 437 g/mol. The van der Waals surface area contributed by atoms with Crippen molar-refractivity contribution in [2.24, 2.45) is 0 Å². The molecule has 3 nitrogen and oxygen atoms in total. The Labute approximate surface area is 139 Å². The highest BCUT2D eigenvalue weighted by molar-refractivity contribution is 9.10. The molecule has 0 radical (unpaired) electrons. The Morgan fingerprint density at radius 1 is 1.15 bits per heavy atom. The van der Waals surface area contributed by atoms with Crippen LogP contribution in [0.2, 0.25) is 5.02 Å². The fourth-order valence-electron chi connectivity index (χ4n) is 1.61. The van der Waals surface area contributed by atoms with Crippen molar-refractivity contribution in [3.8, 4) is 0 Å². The molecule has 7 heteroatoms. The Hall–Kier alpha value is -0.560. The Morgan fingerprint density at radius 3 is 2.50 bits per heavy atom. The van der Waals surface area contributed by atoms with E-state index >= 15 is 0 Å². The van der Waals surface area contributed by atoms with E-state index in [2.05, 4.69) is 36.6 Å². The average Bonchev–Trinajstić information content (AvgIpc) is 2.34. The molecule has 0 amide bonds. The summed E-state index contributed by atoms with van der Waals surface area (Å²) in [5.74, 6) is 0. The van der Waals surface area contributed by atoms with Gasteiger partial charge in [-0.05, 0) is 42.8 Å². The van der Waals surface area contributed by atoms with Crippen LogP contribution in [0.3, 0.4) is 0 Å². The Balaban J connectivity index is 2.44. The van der Waals surface area contributed by atoms with E-state index < -0.39 is 10.0 Å². The highest BCUT2D eigenvalue weighted by Crippen LogP contribution is 2.29. The van der Waals surface area contributed by atoms with E-state index in [0.29, 0.717) is 5.69 Å². The number of benzene rings is 2. The Morgan fingerprint density at radius 2 is 1.85 bits per heavy atom. The largest absolute Gasteiger partial charge is 0.279 e. The first-order valence-corrected chi connectivity index (χ1v) is 8.99. The lowest BCUT2D eigenvalue weighted by molar-refractivity contribution is 0.601. The van der Waals surface area contributed by atoms with Gasteiger partial charge in [0.2, 0.25) is 0 Å². The van der Waals surface area contributed by atoms with Gasteiger partial charge in [-0.15, -0.1) is 0 Å². The van der Waals surface area contributed by atoms with Gasteiger partial charge >= 0.3 is 0 Å². The lowest BCUT2D eigenvalue weighted by Gasteiger charge is -2.12. The molecule has 0 saturated heterocycles. The third kappa shape index (κ3) is 3.36. The maximum Gasteiger partial charge on any atom is 0.263 e. The summed E-state index contributed by atoms with van der Waals surface area (Å²) in [7, 11) is -3.72. The van der Waals surface area contributed by atoms with Gasteiger partial charge in [-0.3, -0.25) is 4.72 Å². The van der Waals surface area contributed by atoms with Gasteiger partial charge in [0.05, 0.1) is 10.7 Å². The summed E-state index contributed by atoms with van der Waals surface area (Å²) < 4.78 is 28.8. The Kier molecular flexibility index (Phi) is 4.79. The van der Waals surface area contributed by atoms with Crippen LogP contribution in [0, 0.1) is 6.92 Å². The van der Waals surface area contributed by atoms with Crippen LogP contribution in [0.15, 0.2) is 50.2 Å². The van der Waals surface area contributed by atoms with Crippen molar-refractivity contribution in [2.75, 3.05) is 4.72 Å². The quantitative estimate of drug-likeness (QED) is 0.734. The maximum absolute atomic E-state index is 12.4. The average molecular weight is 440 g/mol. The summed E-state index contributed by atoms with van der Waals surface area (Å²) in [6, 6.07) is 9.95. The third-order valence-electron chi connectivity index (χ3n) is 2.70. The van der Waals surface area contributed by atoms with Crippen molar-refractivity contribution < 1.29 is 8.42 Å². The number of hydrogen-bond donors (Lipinski definition) is 1. The highest BCUT2D eigenvalue weighted by atomic mass is 79.9. The molecule has 0 bridgehead atoms. The zero-order chi connectivity index (χ0) is 14.9. The molecule has 20 heavy (non-hydrogen) atoms. The fraction of sp³-hybridized carbons (Fsp3) is 0.0769. The predicted molar refractivity (Wildman–Crippen MR) is 88.8 cm³/mol. The summed E-state index contributed by atoms with van der Waals surface area (Å²) in [6.45, 7) is 1.82.